The van der Waals surface area contributed by atoms with Crippen molar-refractivity contribution in [2.45, 2.75) is 46.1 Å². The fourth-order valence-electron chi connectivity index (χ4n) is 2.09. The van der Waals surface area contributed by atoms with Gasteiger partial charge in [-0.05, 0) is 38.0 Å². The third-order valence-electron chi connectivity index (χ3n) is 2.76. The van der Waals surface area contributed by atoms with Crippen molar-refractivity contribution in [3.05, 3.63) is 12.7 Å². The van der Waals surface area contributed by atoms with Gasteiger partial charge < -0.3 is 4.74 Å². The molecule has 0 amide bonds. The molecule has 1 atom stereocenters. The summed E-state index contributed by atoms with van der Waals surface area (Å²) in [5, 5.41) is 0. The standard InChI is InChI=1S/C12H22O/c1-6-10-7-11(2,3)9-13-12(4,5)8-10/h6,10H,1,7-9H2,2-5H3. The largest absolute Gasteiger partial charge is 0.375 e. The molecule has 0 N–H and O–H groups in total. The maximum atomic E-state index is 5.89. The second-order valence-electron chi connectivity index (χ2n) is 5.62. The Morgan fingerprint density at radius 3 is 2.38 bits per heavy atom. The maximum absolute atomic E-state index is 5.89. The van der Waals surface area contributed by atoms with E-state index in [1.165, 1.54) is 6.42 Å². The van der Waals surface area contributed by atoms with Crippen LogP contribution in [0.3, 0.4) is 0 Å². The van der Waals surface area contributed by atoms with Crippen LogP contribution >= 0.6 is 0 Å². The smallest absolute Gasteiger partial charge is 0.0632 e. The zero-order chi connectivity index (χ0) is 10.1. The van der Waals surface area contributed by atoms with E-state index < -0.39 is 0 Å². The molecule has 0 spiro atoms. The summed E-state index contributed by atoms with van der Waals surface area (Å²) in [6.07, 6.45) is 4.37. The van der Waals surface area contributed by atoms with E-state index in [1.807, 2.05) is 0 Å². The van der Waals surface area contributed by atoms with Gasteiger partial charge in [-0.25, -0.2) is 0 Å². The molecule has 76 valence electrons. The first-order valence-corrected chi connectivity index (χ1v) is 5.11. The lowest BCUT2D eigenvalue weighted by Crippen LogP contribution is -2.26. The van der Waals surface area contributed by atoms with Gasteiger partial charge in [-0.2, -0.15) is 0 Å². The molecule has 1 heterocycles. The van der Waals surface area contributed by atoms with Crippen LogP contribution in [0.4, 0.5) is 0 Å². The average molecular weight is 182 g/mol. The minimum Gasteiger partial charge on any atom is -0.375 e. The van der Waals surface area contributed by atoms with Gasteiger partial charge in [-0.15, -0.1) is 6.58 Å². The van der Waals surface area contributed by atoms with Crippen LogP contribution in [0.5, 0.6) is 0 Å². The van der Waals surface area contributed by atoms with E-state index in [4.69, 9.17) is 4.74 Å². The lowest BCUT2D eigenvalue weighted by molar-refractivity contribution is -0.0422. The van der Waals surface area contributed by atoms with Crippen molar-refractivity contribution in [2.24, 2.45) is 11.3 Å². The van der Waals surface area contributed by atoms with Crippen molar-refractivity contribution in [1.82, 2.24) is 0 Å². The Labute approximate surface area is 82.2 Å². The van der Waals surface area contributed by atoms with Crippen molar-refractivity contribution in [3.63, 3.8) is 0 Å². The van der Waals surface area contributed by atoms with Gasteiger partial charge >= 0.3 is 0 Å². The molecule has 1 fully saturated rings. The highest BCUT2D eigenvalue weighted by Crippen LogP contribution is 2.37. The summed E-state index contributed by atoms with van der Waals surface area (Å²) in [7, 11) is 0. The van der Waals surface area contributed by atoms with Gasteiger partial charge in [-0.1, -0.05) is 19.9 Å². The summed E-state index contributed by atoms with van der Waals surface area (Å²) in [6.45, 7) is 13.6. The predicted molar refractivity (Wildman–Crippen MR) is 56.7 cm³/mol. The zero-order valence-electron chi connectivity index (χ0n) is 9.39. The third kappa shape index (κ3) is 3.15. The predicted octanol–water partition coefficient (Wildman–Crippen LogP) is 3.40. The maximum Gasteiger partial charge on any atom is 0.0632 e. The molecule has 13 heavy (non-hydrogen) atoms. The molecule has 0 aromatic heterocycles. The summed E-state index contributed by atoms with van der Waals surface area (Å²) >= 11 is 0. The monoisotopic (exact) mass is 182 g/mol. The molecule has 1 unspecified atom stereocenters. The van der Waals surface area contributed by atoms with Crippen molar-refractivity contribution in [1.29, 1.82) is 0 Å². The molecule has 0 radical (unpaired) electrons. The summed E-state index contributed by atoms with van der Waals surface area (Å²) < 4.78 is 5.89. The van der Waals surface area contributed by atoms with E-state index in [0.717, 1.165) is 13.0 Å². The van der Waals surface area contributed by atoms with E-state index in [9.17, 15) is 0 Å². The van der Waals surface area contributed by atoms with Gasteiger partial charge in [-0.3, -0.25) is 0 Å². The number of rotatable bonds is 1. The molecule has 0 saturated carbocycles. The number of hydrogen-bond acceptors (Lipinski definition) is 1. The van der Waals surface area contributed by atoms with Crippen LogP contribution in [0.15, 0.2) is 12.7 Å². The molecule has 0 aromatic rings. The minimum atomic E-state index is 0.0205. The second-order valence-corrected chi connectivity index (χ2v) is 5.62. The second kappa shape index (κ2) is 3.45. The highest BCUT2D eigenvalue weighted by molar-refractivity contribution is 4.91. The Kier molecular flexibility index (Phi) is 2.86. The number of allylic oxidation sites excluding steroid dienone is 1. The van der Waals surface area contributed by atoms with Gasteiger partial charge in [0, 0.05) is 0 Å². The van der Waals surface area contributed by atoms with Gasteiger partial charge in [0.1, 0.15) is 0 Å². The number of ether oxygens (including phenoxy) is 1. The average Bonchev–Trinajstić information content (AvgIpc) is 2.08. The van der Waals surface area contributed by atoms with Crippen molar-refractivity contribution in [2.75, 3.05) is 6.61 Å². The van der Waals surface area contributed by atoms with E-state index in [-0.39, 0.29) is 5.60 Å². The molecule has 0 aliphatic carbocycles. The number of hydrogen-bond donors (Lipinski definition) is 0. The van der Waals surface area contributed by atoms with Gasteiger partial charge in [0.25, 0.3) is 0 Å². The van der Waals surface area contributed by atoms with Crippen LogP contribution in [0.1, 0.15) is 40.5 Å². The zero-order valence-corrected chi connectivity index (χ0v) is 9.39. The van der Waals surface area contributed by atoms with E-state index in [0.29, 0.717) is 11.3 Å². The van der Waals surface area contributed by atoms with E-state index >= 15 is 0 Å². The fraction of sp³-hybridized carbons (Fsp3) is 0.833. The Morgan fingerprint density at radius 1 is 1.23 bits per heavy atom. The molecule has 1 nitrogen and oxygen atoms in total. The summed E-state index contributed by atoms with van der Waals surface area (Å²) in [4.78, 5) is 0. The SMILES string of the molecule is C=CC1CC(C)(C)COC(C)(C)C1. The lowest BCUT2D eigenvalue weighted by atomic mass is 9.81. The highest BCUT2D eigenvalue weighted by atomic mass is 16.5. The molecule has 1 heteroatoms. The van der Waals surface area contributed by atoms with Crippen LogP contribution < -0.4 is 0 Å². The summed E-state index contributed by atoms with van der Waals surface area (Å²) in [6, 6.07) is 0. The van der Waals surface area contributed by atoms with Gasteiger partial charge in [0.15, 0.2) is 0 Å². The Hall–Kier alpha value is -0.300. The first-order chi connectivity index (χ1) is 5.85. The Morgan fingerprint density at radius 2 is 1.85 bits per heavy atom. The summed E-state index contributed by atoms with van der Waals surface area (Å²) in [5.41, 5.74) is 0.319. The molecule has 1 aliphatic heterocycles. The topological polar surface area (TPSA) is 9.23 Å². The van der Waals surface area contributed by atoms with Crippen LogP contribution in [0.2, 0.25) is 0 Å². The molecule has 1 saturated heterocycles. The molecule has 0 bridgehead atoms. The van der Waals surface area contributed by atoms with E-state index in [2.05, 4.69) is 40.3 Å². The Balaban J connectivity index is 2.74. The molecular formula is C12H22O. The van der Waals surface area contributed by atoms with Crippen molar-refractivity contribution >= 4 is 0 Å². The fourth-order valence-corrected chi connectivity index (χ4v) is 2.09. The normalized spacial score (nSPS) is 32.2. The first kappa shape index (κ1) is 10.8. The molecule has 1 rings (SSSR count). The molecule has 0 aromatic carbocycles. The molecular weight excluding hydrogens is 160 g/mol. The highest BCUT2D eigenvalue weighted by Gasteiger charge is 2.33. The third-order valence-corrected chi connectivity index (χ3v) is 2.76. The van der Waals surface area contributed by atoms with Crippen molar-refractivity contribution in [3.8, 4) is 0 Å². The quantitative estimate of drug-likeness (QED) is 0.565. The van der Waals surface area contributed by atoms with Gasteiger partial charge in [0.2, 0.25) is 0 Å². The van der Waals surface area contributed by atoms with Crippen LogP contribution in [-0.4, -0.2) is 12.2 Å². The minimum absolute atomic E-state index is 0.0205. The Bertz CT molecular complexity index is 173. The van der Waals surface area contributed by atoms with E-state index in [1.54, 1.807) is 0 Å². The lowest BCUT2D eigenvalue weighted by Gasteiger charge is -2.26. The van der Waals surface area contributed by atoms with Crippen LogP contribution in [-0.2, 0) is 4.74 Å². The van der Waals surface area contributed by atoms with Gasteiger partial charge in [0.05, 0.1) is 12.2 Å². The van der Waals surface area contributed by atoms with Crippen molar-refractivity contribution < 1.29 is 4.74 Å². The first-order valence-electron chi connectivity index (χ1n) is 5.11. The summed E-state index contributed by atoms with van der Waals surface area (Å²) in [5.74, 6) is 0.604. The molecule has 1 aliphatic rings. The van der Waals surface area contributed by atoms with Crippen LogP contribution in [0.25, 0.3) is 0 Å². The van der Waals surface area contributed by atoms with Crippen LogP contribution in [0, 0.1) is 11.3 Å².